The Bertz CT molecular complexity index is 637. The molecule has 1 aliphatic rings. The number of ether oxygens (including phenoxy) is 1. The van der Waals surface area contributed by atoms with Crippen molar-refractivity contribution >= 4 is 29.0 Å². The fraction of sp³-hybridized carbons (Fsp3) is 0.267. The van der Waals surface area contributed by atoms with E-state index in [2.05, 4.69) is 23.5 Å². The van der Waals surface area contributed by atoms with Crippen molar-refractivity contribution in [3.63, 3.8) is 0 Å². The first-order valence-corrected chi connectivity index (χ1v) is 8.22. The number of carbonyl (C=O) groups excluding carboxylic acids is 1. The predicted molar refractivity (Wildman–Crippen MR) is 83.5 cm³/mol. The van der Waals surface area contributed by atoms with Gasteiger partial charge in [-0.05, 0) is 17.7 Å². The summed E-state index contributed by atoms with van der Waals surface area (Å²) in [6.45, 7) is 1.08. The molecule has 1 aliphatic heterocycles. The molecule has 20 heavy (non-hydrogen) atoms. The zero-order valence-corrected chi connectivity index (χ0v) is 12.8. The fourth-order valence-corrected chi connectivity index (χ4v) is 4.50. The lowest BCUT2D eigenvalue weighted by molar-refractivity contribution is 0.0941. The molecule has 2 heterocycles. The minimum atomic E-state index is -0.0102. The van der Waals surface area contributed by atoms with E-state index in [-0.39, 0.29) is 5.91 Å². The van der Waals surface area contributed by atoms with E-state index < -0.39 is 0 Å². The number of amides is 1. The van der Waals surface area contributed by atoms with Crippen molar-refractivity contribution in [1.29, 1.82) is 0 Å². The Morgan fingerprint density at radius 2 is 2.25 bits per heavy atom. The van der Waals surface area contributed by atoms with Gasteiger partial charge >= 0.3 is 0 Å². The molecule has 3 rings (SSSR count). The Balaban J connectivity index is 1.85. The number of carbonyl (C=O) groups is 1. The van der Waals surface area contributed by atoms with Gasteiger partial charge in [0.25, 0.3) is 5.91 Å². The van der Waals surface area contributed by atoms with Gasteiger partial charge in [-0.2, -0.15) is 0 Å². The number of hydrogen-bond donors (Lipinski definition) is 1. The SMILES string of the molecule is COCCNC(=O)c1cc2c(s1)-c1ccccc1SC2. The van der Waals surface area contributed by atoms with Crippen LogP contribution in [0.25, 0.3) is 10.4 Å². The van der Waals surface area contributed by atoms with Crippen LogP contribution in [0.5, 0.6) is 0 Å². The summed E-state index contributed by atoms with van der Waals surface area (Å²) in [5.41, 5.74) is 2.51. The van der Waals surface area contributed by atoms with Gasteiger partial charge in [0.2, 0.25) is 0 Å². The first-order valence-electron chi connectivity index (χ1n) is 6.41. The van der Waals surface area contributed by atoms with E-state index in [1.165, 1.54) is 20.9 Å². The van der Waals surface area contributed by atoms with Crippen molar-refractivity contribution in [2.45, 2.75) is 10.6 Å². The van der Waals surface area contributed by atoms with Crippen molar-refractivity contribution < 1.29 is 9.53 Å². The first kappa shape index (κ1) is 13.7. The van der Waals surface area contributed by atoms with Crippen molar-refractivity contribution in [2.75, 3.05) is 20.3 Å². The molecule has 0 unspecified atom stereocenters. The lowest BCUT2D eigenvalue weighted by Crippen LogP contribution is -2.26. The molecule has 0 bridgehead atoms. The van der Waals surface area contributed by atoms with E-state index in [1.54, 1.807) is 18.4 Å². The quantitative estimate of drug-likeness (QED) is 0.880. The van der Waals surface area contributed by atoms with Gasteiger partial charge in [0.15, 0.2) is 0 Å². The van der Waals surface area contributed by atoms with E-state index in [9.17, 15) is 4.79 Å². The standard InChI is InChI=1S/C15H15NO2S2/c1-18-7-6-16-15(17)13-8-10-9-19-12-5-3-2-4-11(12)14(10)20-13/h2-5,8H,6-7,9H2,1H3,(H,16,17). The molecule has 2 aromatic rings. The third-order valence-electron chi connectivity index (χ3n) is 3.14. The Labute approximate surface area is 126 Å². The van der Waals surface area contributed by atoms with E-state index in [0.29, 0.717) is 13.2 Å². The van der Waals surface area contributed by atoms with E-state index in [1.807, 2.05) is 23.9 Å². The van der Waals surface area contributed by atoms with Crippen molar-refractivity contribution in [2.24, 2.45) is 0 Å². The number of fused-ring (bicyclic) bond motifs is 3. The van der Waals surface area contributed by atoms with Gasteiger partial charge in [-0.1, -0.05) is 18.2 Å². The van der Waals surface area contributed by atoms with Gasteiger partial charge in [0.1, 0.15) is 0 Å². The van der Waals surface area contributed by atoms with Crippen LogP contribution in [-0.2, 0) is 10.5 Å². The van der Waals surface area contributed by atoms with Crippen LogP contribution >= 0.6 is 23.1 Å². The van der Waals surface area contributed by atoms with Crippen molar-refractivity contribution in [1.82, 2.24) is 5.32 Å². The molecule has 1 aromatic carbocycles. The van der Waals surface area contributed by atoms with Crippen LogP contribution in [0.3, 0.4) is 0 Å². The highest BCUT2D eigenvalue weighted by Gasteiger charge is 2.21. The van der Waals surface area contributed by atoms with E-state index >= 15 is 0 Å². The third-order valence-corrected chi connectivity index (χ3v) is 5.47. The smallest absolute Gasteiger partial charge is 0.261 e. The third kappa shape index (κ3) is 2.61. The largest absolute Gasteiger partial charge is 0.383 e. The number of nitrogens with one attached hydrogen (secondary N) is 1. The van der Waals surface area contributed by atoms with Gasteiger partial charge in [0.05, 0.1) is 11.5 Å². The zero-order valence-electron chi connectivity index (χ0n) is 11.1. The van der Waals surface area contributed by atoms with Crippen molar-refractivity contribution in [3.8, 4) is 10.4 Å². The Kier molecular flexibility index (Phi) is 4.10. The molecular weight excluding hydrogens is 290 g/mol. The molecular formula is C15H15NO2S2. The summed E-state index contributed by atoms with van der Waals surface area (Å²) in [7, 11) is 1.63. The van der Waals surface area contributed by atoms with E-state index in [4.69, 9.17) is 4.74 Å². The molecule has 0 fully saturated rings. The summed E-state index contributed by atoms with van der Waals surface area (Å²) in [6, 6.07) is 10.4. The summed E-state index contributed by atoms with van der Waals surface area (Å²) in [5, 5.41) is 2.87. The van der Waals surface area contributed by atoms with Gasteiger partial charge < -0.3 is 10.1 Å². The second-order valence-corrected chi connectivity index (χ2v) is 6.57. The van der Waals surface area contributed by atoms with Crippen LogP contribution in [0.1, 0.15) is 15.2 Å². The number of rotatable bonds is 4. The second-order valence-electron chi connectivity index (χ2n) is 4.50. The lowest BCUT2D eigenvalue weighted by atomic mass is 10.1. The minimum absolute atomic E-state index is 0.0102. The highest BCUT2D eigenvalue weighted by atomic mass is 32.2. The number of methoxy groups -OCH3 is 1. The zero-order chi connectivity index (χ0) is 13.9. The summed E-state index contributed by atoms with van der Waals surface area (Å²) in [5.74, 6) is 0.928. The van der Waals surface area contributed by atoms with Crippen LogP contribution in [-0.4, -0.2) is 26.2 Å². The van der Waals surface area contributed by atoms with Crippen molar-refractivity contribution in [3.05, 3.63) is 40.8 Å². The van der Waals surface area contributed by atoms with Crippen LogP contribution < -0.4 is 5.32 Å². The summed E-state index contributed by atoms with van der Waals surface area (Å²) >= 11 is 3.41. The molecule has 0 radical (unpaired) electrons. The number of benzene rings is 1. The Morgan fingerprint density at radius 1 is 1.40 bits per heavy atom. The van der Waals surface area contributed by atoms with E-state index in [0.717, 1.165) is 10.6 Å². The van der Waals surface area contributed by atoms with Crippen LogP contribution in [0.4, 0.5) is 0 Å². The highest BCUT2D eigenvalue weighted by Crippen LogP contribution is 2.45. The monoisotopic (exact) mass is 305 g/mol. The van der Waals surface area contributed by atoms with Gasteiger partial charge in [-0.25, -0.2) is 0 Å². The van der Waals surface area contributed by atoms with Crippen LogP contribution in [0.2, 0.25) is 0 Å². The molecule has 1 N–H and O–H groups in total. The lowest BCUT2D eigenvalue weighted by Gasteiger charge is -2.14. The maximum Gasteiger partial charge on any atom is 0.261 e. The van der Waals surface area contributed by atoms with Gasteiger partial charge in [-0.15, -0.1) is 23.1 Å². The highest BCUT2D eigenvalue weighted by molar-refractivity contribution is 7.98. The normalized spacial score (nSPS) is 12.7. The number of thiophene rings is 1. The molecule has 104 valence electrons. The van der Waals surface area contributed by atoms with Crippen LogP contribution in [0, 0.1) is 0 Å². The molecule has 1 aromatic heterocycles. The number of hydrogen-bond acceptors (Lipinski definition) is 4. The molecule has 0 saturated heterocycles. The molecule has 0 spiro atoms. The second kappa shape index (κ2) is 5.99. The Morgan fingerprint density at radius 3 is 3.10 bits per heavy atom. The summed E-state index contributed by atoms with van der Waals surface area (Å²) < 4.78 is 4.94. The topological polar surface area (TPSA) is 38.3 Å². The predicted octanol–water partition coefficient (Wildman–Crippen LogP) is 3.40. The van der Waals surface area contributed by atoms with Crippen LogP contribution in [0.15, 0.2) is 35.2 Å². The number of thioether (sulfide) groups is 1. The average molecular weight is 305 g/mol. The maximum absolute atomic E-state index is 12.1. The minimum Gasteiger partial charge on any atom is -0.383 e. The average Bonchev–Trinajstić information content (AvgIpc) is 2.92. The maximum atomic E-state index is 12.1. The summed E-state index contributed by atoms with van der Waals surface area (Å²) in [6.07, 6.45) is 0. The molecule has 0 atom stereocenters. The van der Waals surface area contributed by atoms with Gasteiger partial charge in [-0.3, -0.25) is 4.79 Å². The molecule has 5 heteroatoms. The molecule has 1 amide bonds. The summed E-state index contributed by atoms with van der Waals surface area (Å²) in [4.78, 5) is 15.4. The fourth-order valence-electron chi connectivity index (χ4n) is 2.17. The Hall–Kier alpha value is -1.30. The first-order chi connectivity index (χ1) is 9.79. The van der Waals surface area contributed by atoms with Gasteiger partial charge in [0, 0.05) is 34.7 Å². The molecule has 0 saturated carbocycles. The molecule has 3 nitrogen and oxygen atoms in total. The molecule has 0 aliphatic carbocycles.